The molecule has 0 radical (unpaired) electrons. The van der Waals surface area contributed by atoms with E-state index in [1.165, 1.54) is 6.08 Å². The Labute approximate surface area is 118 Å². The maximum Gasteiger partial charge on any atom is 0.252 e. The molecule has 7 heteroatoms. The average Bonchev–Trinajstić information content (AvgIpc) is 2.57. The van der Waals surface area contributed by atoms with Crippen molar-refractivity contribution in [1.29, 1.82) is 0 Å². The highest BCUT2D eigenvalue weighted by molar-refractivity contribution is 9.10. The Kier molecular flexibility index (Phi) is 3.79. The second kappa shape index (κ2) is 5.03. The minimum absolute atomic E-state index is 0.0933. The molecule has 1 N–H and O–H groups in total. The molecular weight excluding hydrogens is 342 g/mol. The third kappa shape index (κ3) is 3.13. The Morgan fingerprint density at radius 3 is 2.72 bits per heavy atom. The normalized spacial score (nSPS) is 20.9. The van der Waals surface area contributed by atoms with E-state index < -0.39 is 15.9 Å². The molecule has 2 rings (SSSR count). The van der Waals surface area contributed by atoms with Gasteiger partial charge in [-0.15, -0.1) is 0 Å². The van der Waals surface area contributed by atoms with Gasteiger partial charge in [0.05, 0.1) is 17.4 Å². The summed E-state index contributed by atoms with van der Waals surface area (Å²) in [7, 11) is -3.17. The topological polar surface area (TPSA) is 63.2 Å². The molecule has 1 aromatic carbocycles. The highest BCUT2D eigenvalue weighted by Gasteiger charge is 2.24. The summed E-state index contributed by atoms with van der Waals surface area (Å²) in [5, 5.41) is 4.27. The van der Waals surface area contributed by atoms with Gasteiger partial charge in [-0.2, -0.15) is 0 Å². The third-order valence-electron chi connectivity index (χ3n) is 2.42. The number of carbonyl (C=O) groups is 1. The quantitative estimate of drug-likeness (QED) is 0.889. The second-order valence-electron chi connectivity index (χ2n) is 3.86. The van der Waals surface area contributed by atoms with E-state index in [0.717, 1.165) is 5.41 Å². The van der Waals surface area contributed by atoms with Gasteiger partial charge in [-0.05, 0) is 40.2 Å². The Balaban J connectivity index is 2.12. The van der Waals surface area contributed by atoms with Crippen molar-refractivity contribution in [1.82, 2.24) is 5.32 Å². The first-order valence-corrected chi connectivity index (χ1v) is 7.93. The van der Waals surface area contributed by atoms with Gasteiger partial charge in [-0.1, -0.05) is 11.6 Å². The van der Waals surface area contributed by atoms with Gasteiger partial charge in [0.25, 0.3) is 5.91 Å². The molecule has 96 valence electrons. The molecule has 4 nitrogen and oxygen atoms in total. The molecule has 1 aromatic rings. The summed E-state index contributed by atoms with van der Waals surface area (Å²) in [5.41, 5.74) is 0.414. The molecule has 1 heterocycles. The summed E-state index contributed by atoms with van der Waals surface area (Å²) in [6.07, 6.45) is 1.47. The molecule has 0 saturated carbocycles. The third-order valence-corrected chi connectivity index (χ3v) is 4.71. The minimum atomic E-state index is -3.17. The number of hydrogen-bond donors (Lipinski definition) is 1. The molecule has 1 unspecified atom stereocenters. The van der Waals surface area contributed by atoms with E-state index in [9.17, 15) is 13.2 Å². The molecule has 0 bridgehead atoms. The molecule has 0 fully saturated rings. The predicted octanol–water partition coefficient (Wildman–Crippen LogP) is 2.14. The number of sulfone groups is 1. The Morgan fingerprint density at radius 1 is 1.44 bits per heavy atom. The van der Waals surface area contributed by atoms with Crippen LogP contribution in [0.1, 0.15) is 10.4 Å². The highest BCUT2D eigenvalue weighted by Crippen LogP contribution is 2.21. The average molecular weight is 351 g/mol. The fourth-order valence-corrected chi connectivity index (χ4v) is 3.68. The van der Waals surface area contributed by atoms with Crippen LogP contribution in [0, 0.1) is 0 Å². The van der Waals surface area contributed by atoms with Gasteiger partial charge in [0.2, 0.25) is 0 Å². The number of nitrogens with one attached hydrogen (secondary N) is 1. The van der Waals surface area contributed by atoms with Crippen molar-refractivity contribution < 1.29 is 13.2 Å². The molecule has 0 spiro atoms. The van der Waals surface area contributed by atoms with Crippen LogP contribution in [0.15, 0.2) is 34.2 Å². The fraction of sp³-hybridized carbons (Fsp3) is 0.182. The standard InChI is InChI=1S/C11H9BrClNO3S/c12-10-5-7(13)1-2-9(10)11(15)14-8-3-4-18(16,17)6-8/h1-5,8H,6H2,(H,14,15). The van der Waals surface area contributed by atoms with Crippen molar-refractivity contribution in [2.45, 2.75) is 6.04 Å². The van der Waals surface area contributed by atoms with E-state index in [1.807, 2.05) is 0 Å². The zero-order valence-corrected chi connectivity index (χ0v) is 12.2. The lowest BCUT2D eigenvalue weighted by atomic mass is 10.2. The van der Waals surface area contributed by atoms with Crippen LogP contribution < -0.4 is 5.32 Å². The van der Waals surface area contributed by atoms with Crippen molar-refractivity contribution in [3.05, 3.63) is 44.7 Å². The molecule has 1 aliphatic heterocycles. The van der Waals surface area contributed by atoms with Crippen molar-refractivity contribution in [3.63, 3.8) is 0 Å². The lowest BCUT2D eigenvalue weighted by molar-refractivity contribution is 0.0947. The Morgan fingerprint density at radius 2 is 2.17 bits per heavy atom. The van der Waals surface area contributed by atoms with Crippen LogP contribution in [0.4, 0.5) is 0 Å². The zero-order valence-electron chi connectivity index (χ0n) is 9.06. The van der Waals surface area contributed by atoms with Gasteiger partial charge in [0.15, 0.2) is 9.84 Å². The van der Waals surface area contributed by atoms with E-state index in [4.69, 9.17) is 11.6 Å². The molecule has 0 saturated heterocycles. The SMILES string of the molecule is O=C(NC1C=CS(=O)(=O)C1)c1ccc(Cl)cc1Br. The van der Waals surface area contributed by atoms with E-state index in [2.05, 4.69) is 21.2 Å². The summed E-state index contributed by atoms with van der Waals surface area (Å²) in [6.45, 7) is 0. The number of hydrogen-bond acceptors (Lipinski definition) is 3. The Bertz CT molecular complexity index is 627. The first kappa shape index (κ1) is 13.6. The number of benzene rings is 1. The fourth-order valence-electron chi connectivity index (χ4n) is 1.59. The van der Waals surface area contributed by atoms with Crippen LogP contribution in [0.3, 0.4) is 0 Å². The molecule has 0 aliphatic carbocycles. The smallest absolute Gasteiger partial charge is 0.252 e. The molecule has 1 aliphatic rings. The van der Waals surface area contributed by atoms with Crippen LogP contribution in [0.25, 0.3) is 0 Å². The molecule has 1 atom stereocenters. The number of rotatable bonds is 2. The molecular formula is C11H9BrClNO3S. The van der Waals surface area contributed by atoms with E-state index in [0.29, 0.717) is 15.1 Å². The van der Waals surface area contributed by atoms with Crippen molar-refractivity contribution in [2.24, 2.45) is 0 Å². The van der Waals surface area contributed by atoms with Gasteiger partial charge in [0, 0.05) is 14.9 Å². The summed E-state index contributed by atoms with van der Waals surface area (Å²) in [6, 6.07) is 4.31. The van der Waals surface area contributed by atoms with Crippen molar-refractivity contribution >= 4 is 43.3 Å². The highest BCUT2D eigenvalue weighted by atomic mass is 79.9. The molecule has 18 heavy (non-hydrogen) atoms. The van der Waals surface area contributed by atoms with Gasteiger partial charge in [-0.25, -0.2) is 8.42 Å². The lowest BCUT2D eigenvalue weighted by Gasteiger charge is -2.11. The monoisotopic (exact) mass is 349 g/mol. The first-order chi connectivity index (χ1) is 8.37. The maximum atomic E-state index is 11.9. The second-order valence-corrected chi connectivity index (χ2v) is 7.08. The molecule has 1 amide bonds. The maximum absolute atomic E-state index is 11.9. The van der Waals surface area contributed by atoms with Gasteiger partial charge >= 0.3 is 0 Å². The lowest BCUT2D eigenvalue weighted by Crippen LogP contribution is -2.35. The van der Waals surface area contributed by atoms with Crippen LogP contribution in [-0.2, 0) is 9.84 Å². The van der Waals surface area contributed by atoms with Crippen LogP contribution >= 0.6 is 27.5 Å². The summed E-state index contributed by atoms with van der Waals surface area (Å²) >= 11 is 9.02. The minimum Gasteiger partial charge on any atom is -0.345 e. The van der Waals surface area contributed by atoms with Crippen LogP contribution in [0.5, 0.6) is 0 Å². The summed E-state index contributed by atoms with van der Waals surface area (Å²) in [5.74, 6) is -0.436. The largest absolute Gasteiger partial charge is 0.345 e. The summed E-state index contributed by atoms with van der Waals surface area (Å²) < 4.78 is 23.0. The van der Waals surface area contributed by atoms with Crippen LogP contribution in [0.2, 0.25) is 5.02 Å². The number of amides is 1. The number of halogens is 2. The van der Waals surface area contributed by atoms with Gasteiger partial charge in [0.1, 0.15) is 0 Å². The van der Waals surface area contributed by atoms with Crippen LogP contribution in [-0.4, -0.2) is 26.1 Å². The van der Waals surface area contributed by atoms with Gasteiger partial charge < -0.3 is 5.32 Å². The Hall–Kier alpha value is -0.850. The van der Waals surface area contributed by atoms with E-state index in [1.54, 1.807) is 18.2 Å². The van der Waals surface area contributed by atoms with E-state index in [-0.39, 0.29) is 11.7 Å². The predicted molar refractivity (Wildman–Crippen MR) is 73.3 cm³/mol. The van der Waals surface area contributed by atoms with Crippen molar-refractivity contribution in [2.75, 3.05) is 5.75 Å². The van der Waals surface area contributed by atoms with Gasteiger partial charge in [-0.3, -0.25) is 4.79 Å². The molecule has 0 aromatic heterocycles. The van der Waals surface area contributed by atoms with E-state index >= 15 is 0 Å². The van der Waals surface area contributed by atoms with Crippen molar-refractivity contribution in [3.8, 4) is 0 Å². The zero-order chi connectivity index (χ0) is 13.3. The first-order valence-electron chi connectivity index (χ1n) is 5.04. The number of carbonyl (C=O) groups excluding carboxylic acids is 1. The summed E-state index contributed by atoms with van der Waals surface area (Å²) in [4.78, 5) is 11.9.